The van der Waals surface area contributed by atoms with Crippen molar-refractivity contribution in [2.75, 3.05) is 0 Å². The van der Waals surface area contributed by atoms with Crippen LogP contribution in [0.2, 0.25) is 0 Å². The molecule has 12 heavy (non-hydrogen) atoms. The molecule has 0 atom stereocenters. The Morgan fingerprint density at radius 1 is 1.83 bits per heavy atom. The fraction of sp³-hybridized carbons (Fsp3) is 0.429. The summed E-state index contributed by atoms with van der Waals surface area (Å²) in [5.41, 5.74) is 2.57. The Kier molecular flexibility index (Phi) is 2.82. The van der Waals surface area contributed by atoms with Crippen LogP contribution in [0, 0.1) is 0 Å². The maximum Gasteiger partial charge on any atom is 0.283 e. The van der Waals surface area contributed by atoms with E-state index in [1.807, 2.05) is 6.92 Å². The standard InChI is InChI=1S/C7H12N4O/c1-2-5-11-6(3-4-9-11)7(12)10-8/h3-4H,2,5,8H2,1H3,(H,10,12). The molecule has 0 fully saturated rings. The maximum atomic E-state index is 11.1. The van der Waals surface area contributed by atoms with Crippen LogP contribution in [0.3, 0.4) is 0 Å². The van der Waals surface area contributed by atoms with Crippen molar-refractivity contribution in [2.45, 2.75) is 19.9 Å². The number of hydrogen-bond donors (Lipinski definition) is 2. The second kappa shape index (κ2) is 3.87. The number of rotatable bonds is 3. The van der Waals surface area contributed by atoms with Crippen molar-refractivity contribution in [1.29, 1.82) is 0 Å². The Morgan fingerprint density at radius 3 is 3.17 bits per heavy atom. The number of hydrazine groups is 1. The van der Waals surface area contributed by atoms with Crippen LogP contribution in [-0.4, -0.2) is 15.7 Å². The molecule has 66 valence electrons. The molecule has 0 aliphatic heterocycles. The van der Waals surface area contributed by atoms with Gasteiger partial charge in [0.25, 0.3) is 5.91 Å². The van der Waals surface area contributed by atoms with Gasteiger partial charge in [-0.25, -0.2) is 5.84 Å². The Bertz CT molecular complexity index is 268. The third-order valence-corrected chi connectivity index (χ3v) is 1.52. The summed E-state index contributed by atoms with van der Waals surface area (Å²) in [5, 5.41) is 3.98. The van der Waals surface area contributed by atoms with Crippen LogP contribution in [0.15, 0.2) is 12.3 Å². The lowest BCUT2D eigenvalue weighted by atomic mass is 10.4. The molecule has 5 nitrogen and oxygen atoms in total. The van der Waals surface area contributed by atoms with E-state index in [0.717, 1.165) is 13.0 Å². The van der Waals surface area contributed by atoms with Gasteiger partial charge in [0.2, 0.25) is 0 Å². The van der Waals surface area contributed by atoms with Crippen molar-refractivity contribution in [3.63, 3.8) is 0 Å². The van der Waals surface area contributed by atoms with E-state index >= 15 is 0 Å². The van der Waals surface area contributed by atoms with E-state index in [9.17, 15) is 4.79 Å². The second-order valence-electron chi connectivity index (χ2n) is 2.41. The molecule has 0 bridgehead atoms. The number of nitrogens with one attached hydrogen (secondary N) is 1. The van der Waals surface area contributed by atoms with Crippen LogP contribution >= 0.6 is 0 Å². The largest absolute Gasteiger partial charge is 0.289 e. The minimum atomic E-state index is -0.305. The number of carbonyl (C=O) groups is 1. The van der Waals surface area contributed by atoms with Gasteiger partial charge in [-0.1, -0.05) is 6.92 Å². The highest BCUT2D eigenvalue weighted by Gasteiger charge is 2.08. The van der Waals surface area contributed by atoms with Crippen molar-refractivity contribution in [2.24, 2.45) is 5.84 Å². The van der Waals surface area contributed by atoms with Gasteiger partial charge in [0, 0.05) is 12.7 Å². The summed E-state index contributed by atoms with van der Waals surface area (Å²) in [6.45, 7) is 2.75. The maximum absolute atomic E-state index is 11.1. The minimum Gasteiger partial charge on any atom is -0.289 e. The van der Waals surface area contributed by atoms with Crippen molar-refractivity contribution in [3.05, 3.63) is 18.0 Å². The first-order valence-electron chi connectivity index (χ1n) is 3.82. The molecule has 1 rings (SSSR count). The van der Waals surface area contributed by atoms with Crippen molar-refractivity contribution in [3.8, 4) is 0 Å². The average molecular weight is 168 g/mol. The molecule has 0 saturated heterocycles. The van der Waals surface area contributed by atoms with Gasteiger partial charge in [0.05, 0.1) is 0 Å². The van der Waals surface area contributed by atoms with Crippen LogP contribution in [-0.2, 0) is 6.54 Å². The summed E-state index contributed by atoms with van der Waals surface area (Å²) in [5.74, 6) is 4.68. The summed E-state index contributed by atoms with van der Waals surface area (Å²) in [6.07, 6.45) is 2.52. The highest BCUT2D eigenvalue weighted by molar-refractivity contribution is 5.91. The molecule has 0 aliphatic rings. The Labute approximate surface area is 70.5 Å². The van der Waals surface area contributed by atoms with Gasteiger partial charge >= 0.3 is 0 Å². The number of aryl methyl sites for hydroxylation is 1. The highest BCUT2D eigenvalue weighted by atomic mass is 16.2. The van der Waals surface area contributed by atoms with E-state index in [4.69, 9.17) is 5.84 Å². The van der Waals surface area contributed by atoms with Gasteiger partial charge in [-0.3, -0.25) is 14.9 Å². The van der Waals surface area contributed by atoms with E-state index in [1.54, 1.807) is 16.9 Å². The van der Waals surface area contributed by atoms with Crippen LogP contribution in [0.25, 0.3) is 0 Å². The van der Waals surface area contributed by atoms with E-state index in [1.165, 1.54) is 0 Å². The molecule has 1 heterocycles. The zero-order valence-electron chi connectivity index (χ0n) is 6.95. The summed E-state index contributed by atoms with van der Waals surface area (Å²) in [6, 6.07) is 1.64. The summed E-state index contributed by atoms with van der Waals surface area (Å²) < 4.78 is 1.63. The Hall–Kier alpha value is -1.36. The van der Waals surface area contributed by atoms with Crippen LogP contribution in [0.5, 0.6) is 0 Å². The fourth-order valence-corrected chi connectivity index (χ4v) is 0.989. The molecule has 0 spiro atoms. The topological polar surface area (TPSA) is 72.9 Å². The third-order valence-electron chi connectivity index (χ3n) is 1.52. The molecule has 1 aromatic rings. The predicted octanol–water partition coefficient (Wildman–Crippen LogP) is -0.103. The van der Waals surface area contributed by atoms with Crippen LogP contribution in [0.1, 0.15) is 23.8 Å². The lowest BCUT2D eigenvalue weighted by Gasteiger charge is -2.03. The summed E-state index contributed by atoms with van der Waals surface area (Å²) in [7, 11) is 0. The molecular formula is C7H12N4O. The second-order valence-corrected chi connectivity index (χ2v) is 2.41. The molecule has 0 aliphatic carbocycles. The smallest absolute Gasteiger partial charge is 0.283 e. The third kappa shape index (κ3) is 1.62. The first-order chi connectivity index (χ1) is 5.79. The molecule has 3 N–H and O–H groups in total. The lowest BCUT2D eigenvalue weighted by molar-refractivity contribution is 0.0942. The molecule has 0 aromatic carbocycles. The lowest BCUT2D eigenvalue weighted by Crippen LogP contribution is -2.32. The number of aromatic nitrogens is 2. The van der Waals surface area contributed by atoms with Gasteiger partial charge in [-0.05, 0) is 12.5 Å². The van der Waals surface area contributed by atoms with E-state index in [0.29, 0.717) is 5.69 Å². The summed E-state index contributed by atoms with van der Waals surface area (Å²) in [4.78, 5) is 11.1. The van der Waals surface area contributed by atoms with Crippen molar-refractivity contribution < 1.29 is 4.79 Å². The summed E-state index contributed by atoms with van der Waals surface area (Å²) >= 11 is 0. The molecular weight excluding hydrogens is 156 g/mol. The van der Waals surface area contributed by atoms with Gasteiger partial charge in [0.15, 0.2) is 0 Å². The molecule has 5 heteroatoms. The normalized spacial score (nSPS) is 9.83. The number of nitrogen functional groups attached to an aromatic ring is 1. The highest BCUT2D eigenvalue weighted by Crippen LogP contribution is 1.98. The molecule has 0 saturated carbocycles. The first-order valence-corrected chi connectivity index (χ1v) is 3.82. The molecule has 1 aromatic heterocycles. The molecule has 1 amide bonds. The average Bonchev–Trinajstić information content (AvgIpc) is 2.52. The SMILES string of the molecule is CCCn1nccc1C(=O)NN. The van der Waals surface area contributed by atoms with E-state index < -0.39 is 0 Å². The Morgan fingerprint density at radius 2 is 2.58 bits per heavy atom. The van der Waals surface area contributed by atoms with Gasteiger partial charge < -0.3 is 0 Å². The van der Waals surface area contributed by atoms with E-state index in [-0.39, 0.29) is 5.91 Å². The number of amides is 1. The van der Waals surface area contributed by atoms with Crippen LogP contribution < -0.4 is 11.3 Å². The van der Waals surface area contributed by atoms with Gasteiger partial charge in [0.1, 0.15) is 5.69 Å². The molecule has 0 unspecified atom stereocenters. The number of nitrogens with zero attached hydrogens (tertiary/aromatic N) is 2. The zero-order chi connectivity index (χ0) is 8.97. The quantitative estimate of drug-likeness (QED) is 0.376. The monoisotopic (exact) mass is 168 g/mol. The Balaban J connectivity index is 2.83. The zero-order valence-corrected chi connectivity index (χ0v) is 6.95. The first kappa shape index (κ1) is 8.73. The van der Waals surface area contributed by atoms with Crippen molar-refractivity contribution in [1.82, 2.24) is 15.2 Å². The van der Waals surface area contributed by atoms with Gasteiger partial charge in [-0.15, -0.1) is 0 Å². The predicted molar refractivity (Wildman–Crippen MR) is 44.2 cm³/mol. The number of carbonyl (C=O) groups excluding carboxylic acids is 1. The number of nitrogens with two attached hydrogens (primary N) is 1. The molecule has 0 radical (unpaired) electrons. The fourth-order valence-electron chi connectivity index (χ4n) is 0.989. The van der Waals surface area contributed by atoms with Crippen molar-refractivity contribution >= 4 is 5.91 Å². The van der Waals surface area contributed by atoms with E-state index in [2.05, 4.69) is 10.5 Å². The number of hydrogen-bond acceptors (Lipinski definition) is 3. The minimum absolute atomic E-state index is 0.305. The van der Waals surface area contributed by atoms with Crippen LogP contribution in [0.4, 0.5) is 0 Å². The van der Waals surface area contributed by atoms with Gasteiger partial charge in [-0.2, -0.15) is 5.10 Å².